The molecule has 1 saturated heterocycles. The van der Waals surface area contributed by atoms with Crippen LogP contribution in [0.2, 0.25) is 0 Å². The van der Waals surface area contributed by atoms with E-state index in [0.29, 0.717) is 13.1 Å². The van der Waals surface area contributed by atoms with Gasteiger partial charge in [-0.2, -0.15) is 0 Å². The number of carboxylic acid groups (broad SMARTS) is 2. The minimum Gasteiger partial charge on any atom is -0.481 e. The van der Waals surface area contributed by atoms with Crippen molar-refractivity contribution in [3.63, 3.8) is 0 Å². The van der Waals surface area contributed by atoms with E-state index in [1.54, 1.807) is 0 Å². The van der Waals surface area contributed by atoms with E-state index in [1.165, 1.54) is 14.7 Å². The molecule has 1 aliphatic rings. The molecule has 30 heavy (non-hydrogen) atoms. The van der Waals surface area contributed by atoms with E-state index in [9.17, 15) is 28.8 Å². The van der Waals surface area contributed by atoms with Crippen LogP contribution in [0, 0.1) is 0 Å². The molecule has 0 aromatic heterocycles. The lowest BCUT2D eigenvalue weighted by atomic mass is 10.3. The molecule has 0 aliphatic carbocycles. The molecule has 1 rings (SSSR count). The summed E-state index contributed by atoms with van der Waals surface area (Å²) in [6.45, 7) is 0.823. The van der Waals surface area contributed by atoms with Crippen LogP contribution in [-0.4, -0.2) is 120 Å². The number of ether oxygens (including phenoxy) is 1. The van der Waals surface area contributed by atoms with Crippen LogP contribution in [0.3, 0.4) is 0 Å². The molecular weight excluding hydrogens is 404 g/mol. The quantitative estimate of drug-likeness (QED) is 0.283. The smallest absolute Gasteiger partial charge is 0.312 e. The molecule has 0 unspecified atom stereocenters. The van der Waals surface area contributed by atoms with Crippen molar-refractivity contribution in [3.8, 4) is 0 Å². The third kappa shape index (κ3) is 9.32. The molecule has 0 saturated carbocycles. The van der Waals surface area contributed by atoms with Crippen molar-refractivity contribution in [2.45, 2.75) is 12.8 Å². The van der Waals surface area contributed by atoms with Gasteiger partial charge in [-0.05, 0) is 0 Å². The second-order valence-electron chi connectivity index (χ2n) is 6.44. The van der Waals surface area contributed by atoms with Crippen LogP contribution in [-0.2, 0) is 33.5 Å². The molecule has 0 aromatic carbocycles. The first-order valence-electron chi connectivity index (χ1n) is 9.27. The Hall–Kier alpha value is -3.22. The fourth-order valence-corrected chi connectivity index (χ4v) is 2.80. The molecule has 1 fully saturated rings. The van der Waals surface area contributed by atoms with E-state index < -0.39 is 49.1 Å². The standard InChI is InChI=1S/C17H26N4O9/c22-12-30-11-15(25)20-4-2-18-1-3-19(13(23)9-16(26)27)5-7-21(8-6-20)14(24)10-17(28)29/h12,18H,1-11H2,(H,26,27)(H,28,29). The first kappa shape index (κ1) is 24.8. The van der Waals surface area contributed by atoms with Gasteiger partial charge in [0.2, 0.25) is 11.8 Å². The Balaban J connectivity index is 2.92. The van der Waals surface area contributed by atoms with Crippen LogP contribution >= 0.6 is 0 Å². The van der Waals surface area contributed by atoms with Gasteiger partial charge in [0, 0.05) is 52.4 Å². The number of carbonyl (C=O) groups is 6. The largest absolute Gasteiger partial charge is 0.481 e. The van der Waals surface area contributed by atoms with Gasteiger partial charge in [0.1, 0.15) is 12.8 Å². The SMILES string of the molecule is O=COCC(=O)N1CCNCCN(C(=O)CC(=O)O)CCN(C(=O)CC(=O)O)CC1. The summed E-state index contributed by atoms with van der Waals surface area (Å²) in [6.07, 6.45) is -1.45. The van der Waals surface area contributed by atoms with Crippen molar-refractivity contribution in [2.75, 3.05) is 59.0 Å². The van der Waals surface area contributed by atoms with Gasteiger partial charge in [-0.1, -0.05) is 0 Å². The Morgan fingerprint density at radius 2 is 1.13 bits per heavy atom. The van der Waals surface area contributed by atoms with Crippen molar-refractivity contribution in [1.82, 2.24) is 20.0 Å². The average Bonchev–Trinajstić information content (AvgIpc) is 2.65. The summed E-state index contributed by atoms with van der Waals surface area (Å²) < 4.78 is 4.48. The van der Waals surface area contributed by atoms with Gasteiger partial charge in [0.25, 0.3) is 12.4 Å². The molecule has 0 spiro atoms. The normalized spacial score (nSPS) is 16.1. The number of nitrogens with zero attached hydrogens (tertiary/aromatic N) is 3. The number of aliphatic carboxylic acids is 2. The maximum atomic E-state index is 12.3. The second-order valence-corrected chi connectivity index (χ2v) is 6.44. The molecule has 168 valence electrons. The molecule has 3 N–H and O–H groups in total. The monoisotopic (exact) mass is 430 g/mol. The number of carboxylic acids is 2. The van der Waals surface area contributed by atoms with E-state index in [2.05, 4.69) is 10.1 Å². The molecular formula is C17H26N4O9. The van der Waals surface area contributed by atoms with Crippen LogP contribution in [0.15, 0.2) is 0 Å². The Morgan fingerprint density at radius 1 is 0.733 bits per heavy atom. The number of rotatable bonds is 7. The van der Waals surface area contributed by atoms with E-state index >= 15 is 0 Å². The highest BCUT2D eigenvalue weighted by atomic mass is 16.5. The molecule has 0 bridgehead atoms. The summed E-state index contributed by atoms with van der Waals surface area (Å²) >= 11 is 0. The summed E-state index contributed by atoms with van der Waals surface area (Å²) in [5, 5.41) is 20.8. The zero-order valence-corrected chi connectivity index (χ0v) is 16.4. The van der Waals surface area contributed by atoms with Crippen molar-refractivity contribution in [3.05, 3.63) is 0 Å². The highest BCUT2D eigenvalue weighted by molar-refractivity contribution is 5.94. The third-order valence-corrected chi connectivity index (χ3v) is 4.33. The molecule has 3 amide bonds. The number of amides is 3. The molecule has 13 heteroatoms. The molecule has 1 heterocycles. The summed E-state index contributed by atoms with van der Waals surface area (Å²) in [7, 11) is 0. The van der Waals surface area contributed by atoms with Gasteiger partial charge < -0.3 is 35.0 Å². The molecule has 0 aromatic rings. The molecule has 0 atom stereocenters. The van der Waals surface area contributed by atoms with Gasteiger partial charge in [-0.15, -0.1) is 0 Å². The highest BCUT2D eigenvalue weighted by Gasteiger charge is 2.23. The van der Waals surface area contributed by atoms with Crippen LogP contribution < -0.4 is 5.32 Å². The summed E-state index contributed by atoms with van der Waals surface area (Å²) in [6, 6.07) is 0. The van der Waals surface area contributed by atoms with Gasteiger partial charge in [-0.25, -0.2) is 0 Å². The van der Waals surface area contributed by atoms with Crippen molar-refractivity contribution >= 4 is 36.1 Å². The Kier molecular flexibility index (Phi) is 10.8. The average molecular weight is 430 g/mol. The predicted molar refractivity (Wildman–Crippen MR) is 99.1 cm³/mol. The summed E-state index contributed by atoms with van der Waals surface area (Å²) in [4.78, 5) is 72.6. The van der Waals surface area contributed by atoms with E-state index in [0.717, 1.165) is 0 Å². The number of carbonyl (C=O) groups excluding carboxylic acids is 4. The first-order chi connectivity index (χ1) is 14.2. The topological polar surface area (TPSA) is 174 Å². The fraction of sp³-hybridized carbons (Fsp3) is 0.647. The second kappa shape index (κ2) is 13.1. The minimum atomic E-state index is -1.32. The lowest BCUT2D eigenvalue weighted by Gasteiger charge is -2.31. The van der Waals surface area contributed by atoms with Crippen molar-refractivity contribution in [1.29, 1.82) is 0 Å². The minimum absolute atomic E-state index is 0.0000956. The Bertz CT molecular complexity index is 655. The van der Waals surface area contributed by atoms with Gasteiger partial charge in [0.05, 0.1) is 0 Å². The lowest BCUT2D eigenvalue weighted by molar-refractivity contribution is -0.148. The first-order valence-corrected chi connectivity index (χ1v) is 9.27. The summed E-state index contributed by atoms with van der Waals surface area (Å²) in [5.74, 6) is -4.37. The van der Waals surface area contributed by atoms with E-state index in [4.69, 9.17) is 10.2 Å². The summed E-state index contributed by atoms with van der Waals surface area (Å²) in [5.41, 5.74) is 0. The van der Waals surface area contributed by atoms with Gasteiger partial charge >= 0.3 is 11.9 Å². The third-order valence-electron chi connectivity index (χ3n) is 4.33. The lowest BCUT2D eigenvalue weighted by Crippen LogP contribution is -2.49. The molecule has 1 aliphatic heterocycles. The fourth-order valence-electron chi connectivity index (χ4n) is 2.80. The zero-order valence-electron chi connectivity index (χ0n) is 16.4. The van der Waals surface area contributed by atoms with Gasteiger partial charge in [-0.3, -0.25) is 28.8 Å². The predicted octanol–water partition coefficient (Wildman–Crippen LogP) is -2.80. The van der Waals surface area contributed by atoms with Crippen molar-refractivity contribution in [2.24, 2.45) is 0 Å². The van der Waals surface area contributed by atoms with Crippen LogP contribution in [0.1, 0.15) is 12.8 Å². The zero-order chi connectivity index (χ0) is 22.5. The Labute approximate surface area is 172 Å². The van der Waals surface area contributed by atoms with Crippen LogP contribution in [0.4, 0.5) is 0 Å². The van der Waals surface area contributed by atoms with Gasteiger partial charge in [0.15, 0.2) is 6.61 Å². The van der Waals surface area contributed by atoms with E-state index in [1.807, 2.05) is 0 Å². The maximum Gasteiger partial charge on any atom is 0.312 e. The number of hydrogen-bond donors (Lipinski definition) is 3. The highest BCUT2D eigenvalue weighted by Crippen LogP contribution is 2.02. The number of hydrogen-bond acceptors (Lipinski definition) is 8. The van der Waals surface area contributed by atoms with Crippen LogP contribution in [0.5, 0.6) is 0 Å². The maximum absolute atomic E-state index is 12.3. The van der Waals surface area contributed by atoms with Crippen LogP contribution in [0.25, 0.3) is 0 Å². The number of nitrogens with one attached hydrogen (secondary N) is 1. The Morgan fingerprint density at radius 3 is 1.53 bits per heavy atom. The van der Waals surface area contributed by atoms with E-state index in [-0.39, 0.29) is 45.7 Å². The van der Waals surface area contributed by atoms with Crippen molar-refractivity contribution < 1.29 is 43.7 Å². The molecule has 13 nitrogen and oxygen atoms in total. The molecule has 0 radical (unpaired) electrons.